The Bertz CT molecular complexity index is 1360. The number of amides is 1. The minimum absolute atomic E-state index is 0.121. The van der Waals surface area contributed by atoms with Crippen molar-refractivity contribution in [3.05, 3.63) is 72.0 Å². The summed E-state index contributed by atoms with van der Waals surface area (Å²) in [6, 6.07) is 13.8. The Morgan fingerprint density at radius 2 is 1.39 bits per heavy atom. The molecule has 1 atom stereocenters. The minimum Gasteiger partial charge on any atom is -0.493 e. The van der Waals surface area contributed by atoms with Crippen LogP contribution in [0.4, 0.5) is 10.1 Å². The molecule has 38 heavy (non-hydrogen) atoms. The molecule has 0 aromatic heterocycles. The van der Waals surface area contributed by atoms with Crippen molar-refractivity contribution in [1.29, 1.82) is 0 Å². The van der Waals surface area contributed by atoms with Crippen molar-refractivity contribution in [1.82, 2.24) is 5.32 Å². The number of nitrogens with one attached hydrogen (secondary N) is 1. The number of anilines is 1. The first-order chi connectivity index (χ1) is 18.2. The van der Waals surface area contributed by atoms with Crippen molar-refractivity contribution in [2.24, 2.45) is 0 Å². The summed E-state index contributed by atoms with van der Waals surface area (Å²) in [5.41, 5.74) is 0.880. The topological polar surface area (TPSA) is 103 Å². The molecule has 0 heterocycles. The summed E-state index contributed by atoms with van der Waals surface area (Å²) in [5.74, 6) is 0.499. The lowest BCUT2D eigenvalue weighted by Gasteiger charge is -2.26. The molecule has 1 amide bonds. The first-order valence-corrected chi connectivity index (χ1v) is 13.1. The van der Waals surface area contributed by atoms with Crippen molar-refractivity contribution in [3.63, 3.8) is 0 Å². The summed E-state index contributed by atoms with van der Waals surface area (Å²) >= 11 is 0. The van der Waals surface area contributed by atoms with Crippen molar-refractivity contribution in [3.8, 4) is 23.0 Å². The molecular weight excluding hydrogens is 515 g/mol. The Kier molecular flexibility index (Phi) is 9.40. The van der Waals surface area contributed by atoms with E-state index in [1.807, 2.05) is 6.92 Å². The average molecular weight is 547 g/mol. The van der Waals surface area contributed by atoms with Gasteiger partial charge in [0.1, 0.15) is 12.4 Å². The van der Waals surface area contributed by atoms with Crippen molar-refractivity contribution >= 4 is 21.6 Å². The zero-order valence-corrected chi connectivity index (χ0v) is 22.7. The maximum atomic E-state index is 13.7. The van der Waals surface area contributed by atoms with Gasteiger partial charge in [-0.15, -0.1) is 0 Å². The van der Waals surface area contributed by atoms with Crippen LogP contribution in [0.1, 0.15) is 24.9 Å². The Labute approximate surface area is 222 Å². The zero-order valence-electron chi connectivity index (χ0n) is 21.9. The van der Waals surface area contributed by atoms with Gasteiger partial charge >= 0.3 is 0 Å². The molecule has 11 heteroatoms. The van der Waals surface area contributed by atoms with Crippen molar-refractivity contribution < 1.29 is 36.6 Å². The third-order valence-electron chi connectivity index (χ3n) is 5.90. The average Bonchev–Trinajstić information content (AvgIpc) is 2.94. The molecule has 9 nitrogen and oxygen atoms in total. The summed E-state index contributed by atoms with van der Waals surface area (Å²) in [5, 5.41) is 2.89. The zero-order chi connectivity index (χ0) is 27.9. The molecule has 3 rings (SSSR count). The lowest BCUT2D eigenvalue weighted by Crippen LogP contribution is -2.42. The second-order valence-corrected chi connectivity index (χ2v) is 10.0. The molecule has 0 bridgehead atoms. The van der Waals surface area contributed by atoms with Crippen LogP contribution in [-0.2, 0) is 14.8 Å². The van der Waals surface area contributed by atoms with Gasteiger partial charge in [-0.3, -0.25) is 9.10 Å². The molecule has 1 N–H and O–H groups in total. The summed E-state index contributed by atoms with van der Waals surface area (Å²) in [6.07, 6.45) is 0.528. The molecule has 0 radical (unpaired) electrons. The van der Waals surface area contributed by atoms with Crippen LogP contribution in [0.5, 0.6) is 23.0 Å². The van der Waals surface area contributed by atoms with Crippen LogP contribution in [0.25, 0.3) is 0 Å². The molecule has 0 aliphatic carbocycles. The second-order valence-electron chi connectivity index (χ2n) is 8.15. The SMILES string of the molecule is CCC(NC(=O)CN(c1ccc(F)cc1)S(=O)(=O)c1ccc(OC)c(OC)c1)c1ccc(OC)c(OC)c1. The molecule has 0 saturated heterocycles. The number of hydrogen-bond donors (Lipinski definition) is 1. The molecule has 3 aromatic rings. The number of carbonyl (C=O) groups excluding carboxylic acids is 1. The Balaban J connectivity index is 1.95. The first kappa shape index (κ1) is 28.6. The predicted molar refractivity (Wildman–Crippen MR) is 141 cm³/mol. The molecule has 1 unspecified atom stereocenters. The van der Waals surface area contributed by atoms with Gasteiger partial charge in [-0.2, -0.15) is 0 Å². The van der Waals surface area contributed by atoms with Crippen LogP contribution in [0, 0.1) is 5.82 Å². The van der Waals surface area contributed by atoms with E-state index < -0.39 is 34.3 Å². The van der Waals surface area contributed by atoms with Gasteiger partial charge < -0.3 is 24.3 Å². The Morgan fingerprint density at radius 1 is 0.842 bits per heavy atom. The molecule has 0 aliphatic rings. The van der Waals surface area contributed by atoms with E-state index in [9.17, 15) is 17.6 Å². The number of carbonyl (C=O) groups is 1. The number of halogens is 1. The lowest BCUT2D eigenvalue weighted by atomic mass is 10.0. The van der Waals surface area contributed by atoms with Crippen LogP contribution in [0.15, 0.2) is 65.6 Å². The van der Waals surface area contributed by atoms with E-state index in [0.29, 0.717) is 23.7 Å². The monoisotopic (exact) mass is 546 g/mol. The molecule has 0 spiro atoms. The molecule has 0 fully saturated rings. The molecule has 3 aromatic carbocycles. The quantitative estimate of drug-likeness (QED) is 0.361. The lowest BCUT2D eigenvalue weighted by molar-refractivity contribution is -0.120. The molecule has 0 saturated carbocycles. The largest absolute Gasteiger partial charge is 0.493 e. The summed E-state index contributed by atoms with van der Waals surface area (Å²) in [4.78, 5) is 13.1. The van der Waals surface area contributed by atoms with Crippen LogP contribution < -0.4 is 28.6 Å². The maximum Gasteiger partial charge on any atom is 0.264 e. The van der Waals surface area contributed by atoms with Gasteiger partial charge in [0.05, 0.1) is 45.1 Å². The van der Waals surface area contributed by atoms with E-state index >= 15 is 0 Å². The van der Waals surface area contributed by atoms with Crippen LogP contribution in [0.3, 0.4) is 0 Å². The smallest absolute Gasteiger partial charge is 0.264 e. The fraction of sp³-hybridized carbons (Fsp3) is 0.296. The summed E-state index contributed by atoms with van der Waals surface area (Å²) in [6.45, 7) is 1.34. The number of sulfonamides is 1. The van der Waals surface area contributed by atoms with E-state index in [0.717, 1.165) is 22.0 Å². The third-order valence-corrected chi connectivity index (χ3v) is 7.67. The van der Waals surface area contributed by atoms with Gasteiger partial charge in [-0.05, 0) is 60.5 Å². The maximum absolute atomic E-state index is 13.7. The van der Waals surface area contributed by atoms with Gasteiger partial charge in [0.2, 0.25) is 5.91 Å². The standard InChI is InChI=1S/C27H31FN2O7S/c1-6-22(18-7-13-23(34-2)25(15-18)36-4)29-27(31)17-30(20-10-8-19(28)9-11-20)38(32,33)21-12-14-24(35-3)26(16-21)37-5/h7-16,22H,6,17H2,1-5H3,(H,29,31). The highest BCUT2D eigenvalue weighted by Gasteiger charge is 2.29. The fourth-order valence-electron chi connectivity index (χ4n) is 3.89. The van der Waals surface area contributed by atoms with E-state index in [1.165, 1.54) is 58.8 Å². The van der Waals surface area contributed by atoms with E-state index in [2.05, 4.69) is 5.32 Å². The van der Waals surface area contributed by atoms with Crippen LogP contribution in [-0.4, -0.2) is 49.3 Å². The number of methoxy groups -OCH3 is 4. The van der Waals surface area contributed by atoms with Gasteiger partial charge in [0.15, 0.2) is 23.0 Å². The van der Waals surface area contributed by atoms with Gasteiger partial charge in [-0.1, -0.05) is 13.0 Å². The van der Waals surface area contributed by atoms with Crippen LogP contribution >= 0.6 is 0 Å². The van der Waals surface area contributed by atoms with E-state index in [1.54, 1.807) is 18.2 Å². The normalized spacial score (nSPS) is 11.8. The Hall–Kier alpha value is -3.99. The molecule has 0 aliphatic heterocycles. The Morgan fingerprint density at radius 3 is 1.95 bits per heavy atom. The first-order valence-electron chi connectivity index (χ1n) is 11.7. The van der Waals surface area contributed by atoms with Crippen LogP contribution in [0.2, 0.25) is 0 Å². The highest BCUT2D eigenvalue weighted by atomic mass is 32.2. The summed E-state index contributed by atoms with van der Waals surface area (Å²) in [7, 11) is 1.60. The summed E-state index contributed by atoms with van der Waals surface area (Å²) < 4.78 is 63.1. The van der Waals surface area contributed by atoms with Crippen molar-refractivity contribution in [2.45, 2.75) is 24.3 Å². The van der Waals surface area contributed by atoms with E-state index in [4.69, 9.17) is 18.9 Å². The number of ether oxygens (including phenoxy) is 4. The van der Waals surface area contributed by atoms with Gasteiger partial charge in [-0.25, -0.2) is 12.8 Å². The number of benzene rings is 3. The molecular formula is C27H31FN2O7S. The third kappa shape index (κ3) is 6.28. The van der Waals surface area contributed by atoms with E-state index in [-0.39, 0.29) is 16.3 Å². The molecule has 204 valence electrons. The number of nitrogens with zero attached hydrogens (tertiary/aromatic N) is 1. The van der Waals surface area contributed by atoms with Crippen molar-refractivity contribution in [2.75, 3.05) is 39.3 Å². The highest BCUT2D eigenvalue weighted by Crippen LogP contribution is 2.33. The minimum atomic E-state index is -4.27. The second kappa shape index (κ2) is 12.5. The number of hydrogen-bond acceptors (Lipinski definition) is 7. The highest BCUT2D eigenvalue weighted by molar-refractivity contribution is 7.92. The van der Waals surface area contributed by atoms with Gasteiger partial charge in [0.25, 0.3) is 10.0 Å². The predicted octanol–water partition coefficient (Wildman–Crippen LogP) is 4.32. The van der Waals surface area contributed by atoms with Gasteiger partial charge in [0, 0.05) is 6.07 Å². The number of rotatable bonds is 12. The fourth-order valence-corrected chi connectivity index (χ4v) is 5.32.